The van der Waals surface area contributed by atoms with Crippen LogP contribution in [-0.4, -0.2) is 62.0 Å². The number of nitrogens with two attached hydrogens (primary N) is 2. The quantitative estimate of drug-likeness (QED) is 0.275. The van der Waals surface area contributed by atoms with E-state index in [4.69, 9.17) is 20.9 Å². The molecule has 0 aromatic heterocycles. The van der Waals surface area contributed by atoms with E-state index >= 15 is 0 Å². The van der Waals surface area contributed by atoms with Crippen LogP contribution in [0.4, 0.5) is 0 Å². The average Bonchev–Trinajstić information content (AvgIpc) is 3.08. The predicted molar refractivity (Wildman–Crippen MR) is 95.3 cm³/mol. The molecule has 0 aromatic rings. The van der Waals surface area contributed by atoms with Crippen molar-refractivity contribution in [1.29, 1.82) is 0 Å². The molecule has 0 aliphatic carbocycles. The highest BCUT2D eigenvalue weighted by atomic mass is 16.5. The molecule has 1 heterocycles. The van der Waals surface area contributed by atoms with Gasteiger partial charge in [0.2, 0.25) is 5.90 Å². The molecule has 0 bridgehead atoms. The van der Waals surface area contributed by atoms with Crippen molar-refractivity contribution in [2.45, 2.75) is 38.3 Å². The van der Waals surface area contributed by atoms with E-state index < -0.39 is 11.6 Å². The standard InChI is InChI=1S/C16H27N5O4/c1-16(2,24-3)14(23)21-11(6-4-9-20-15(17)18)12(22)10-25-13-7-5-8-19-13/h5,7,11H,4,6,8-10H2,1-3H3,(H,21,23)(H4,17,18,20). The molecule has 1 unspecified atom stereocenters. The van der Waals surface area contributed by atoms with Crippen LogP contribution in [-0.2, 0) is 19.1 Å². The van der Waals surface area contributed by atoms with E-state index in [0.29, 0.717) is 31.8 Å². The predicted octanol–water partition coefficient (Wildman–Crippen LogP) is -0.496. The number of Topliss-reactive ketones (excluding diaryl/α,β-unsaturated/α-hetero) is 1. The number of aliphatic imine (C=N–C) groups is 2. The summed E-state index contributed by atoms with van der Waals surface area (Å²) in [4.78, 5) is 32.6. The molecule has 9 heteroatoms. The maximum absolute atomic E-state index is 12.4. The minimum absolute atomic E-state index is 0.0122. The van der Waals surface area contributed by atoms with Crippen LogP contribution in [0.15, 0.2) is 22.1 Å². The lowest BCUT2D eigenvalue weighted by atomic mass is 10.0. The van der Waals surface area contributed by atoms with Gasteiger partial charge in [-0.25, -0.2) is 4.99 Å². The second kappa shape index (κ2) is 9.77. The first-order chi connectivity index (χ1) is 11.8. The third-order valence-electron chi connectivity index (χ3n) is 3.67. The zero-order chi connectivity index (χ0) is 18.9. The zero-order valence-corrected chi connectivity index (χ0v) is 14.9. The van der Waals surface area contributed by atoms with Gasteiger partial charge in [-0.1, -0.05) is 6.08 Å². The van der Waals surface area contributed by atoms with Gasteiger partial charge in [-0.2, -0.15) is 0 Å². The van der Waals surface area contributed by atoms with Crippen LogP contribution in [0.25, 0.3) is 0 Å². The first kappa shape index (κ1) is 20.6. The Morgan fingerprint density at radius 1 is 1.44 bits per heavy atom. The van der Waals surface area contributed by atoms with E-state index in [2.05, 4.69) is 15.3 Å². The number of hydrogen-bond donors (Lipinski definition) is 3. The van der Waals surface area contributed by atoms with Crippen molar-refractivity contribution in [3.05, 3.63) is 12.2 Å². The number of carbonyl (C=O) groups excluding carboxylic acids is 2. The Kier molecular flexibility index (Phi) is 8.06. The van der Waals surface area contributed by atoms with Crippen LogP contribution in [0.2, 0.25) is 0 Å². The molecule has 25 heavy (non-hydrogen) atoms. The van der Waals surface area contributed by atoms with Gasteiger partial charge in [-0.15, -0.1) is 0 Å². The average molecular weight is 353 g/mol. The van der Waals surface area contributed by atoms with Crippen LogP contribution in [0.5, 0.6) is 0 Å². The van der Waals surface area contributed by atoms with E-state index in [9.17, 15) is 9.59 Å². The van der Waals surface area contributed by atoms with Gasteiger partial charge in [0.15, 0.2) is 18.3 Å². The van der Waals surface area contributed by atoms with Crippen molar-refractivity contribution in [3.8, 4) is 0 Å². The highest BCUT2D eigenvalue weighted by Crippen LogP contribution is 2.10. The smallest absolute Gasteiger partial charge is 0.252 e. The van der Waals surface area contributed by atoms with Crippen LogP contribution in [0, 0.1) is 0 Å². The summed E-state index contributed by atoms with van der Waals surface area (Å²) in [5.41, 5.74) is 9.51. The molecule has 0 fully saturated rings. The number of ketones is 1. The normalized spacial score (nSPS) is 14.6. The van der Waals surface area contributed by atoms with Crippen LogP contribution in [0.3, 0.4) is 0 Å². The summed E-state index contributed by atoms with van der Waals surface area (Å²) in [6.45, 7) is 3.98. The van der Waals surface area contributed by atoms with Crippen molar-refractivity contribution >= 4 is 23.5 Å². The molecule has 0 radical (unpaired) electrons. The Morgan fingerprint density at radius 2 is 2.16 bits per heavy atom. The second-order valence-corrected chi connectivity index (χ2v) is 6.03. The largest absolute Gasteiger partial charge is 0.470 e. The first-order valence-corrected chi connectivity index (χ1v) is 8.04. The highest BCUT2D eigenvalue weighted by Gasteiger charge is 2.31. The SMILES string of the molecule is COC(C)(C)C(=O)NC(CCCN=C(N)N)C(=O)COC1=NCC=C1. The number of nitrogens with one attached hydrogen (secondary N) is 1. The Morgan fingerprint density at radius 3 is 2.72 bits per heavy atom. The summed E-state index contributed by atoms with van der Waals surface area (Å²) < 4.78 is 10.5. The fraction of sp³-hybridized carbons (Fsp3) is 0.625. The molecule has 0 saturated heterocycles. The van der Waals surface area contributed by atoms with Gasteiger partial charge in [0.1, 0.15) is 5.60 Å². The molecule has 0 aromatic carbocycles. The lowest BCUT2D eigenvalue weighted by molar-refractivity contribution is -0.142. The summed E-state index contributed by atoms with van der Waals surface area (Å²) in [7, 11) is 1.43. The number of carbonyl (C=O) groups is 2. The van der Waals surface area contributed by atoms with Gasteiger partial charge in [0, 0.05) is 13.7 Å². The molecule has 1 aliphatic heterocycles. The van der Waals surface area contributed by atoms with Gasteiger partial charge in [0.05, 0.1) is 12.6 Å². The van der Waals surface area contributed by atoms with Gasteiger partial charge >= 0.3 is 0 Å². The molecule has 140 valence electrons. The van der Waals surface area contributed by atoms with Crippen molar-refractivity contribution < 1.29 is 19.1 Å². The Bertz CT molecular complexity index is 565. The van der Waals surface area contributed by atoms with Crippen molar-refractivity contribution in [1.82, 2.24) is 5.32 Å². The van der Waals surface area contributed by atoms with Crippen LogP contribution < -0.4 is 16.8 Å². The van der Waals surface area contributed by atoms with Crippen molar-refractivity contribution in [3.63, 3.8) is 0 Å². The van der Waals surface area contributed by atoms with E-state index in [1.807, 2.05) is 6.08 Å². The fourth-order valence-corrected chi connectivity index (χ4v) is 1.93. The number of hydrogen-bond acceptors (Lipinski definition) is 6. The molecule has 5 N–H and O–H groups in total. The van der Waals surface area contributed by atoms with Gasteiger partial charge < -0.3 is 26.3 Å². The van der Waals surface area contributed by atoms with E-state index in [1.54, 1.807) is 19.9 Å². The summed E-state index contributed by atoms with van der Waals surface area (Å²) in [6.07, 6.45) is 4.44. The lowest BCUT2D eigenvalue weighted by Crippen LogP contribution is -2.51. The molecule has 9 nitrogen and oxygen atoms in total. The van der Waals surface area contributed by atoms with Gasteiger partial charge in [0.25, 0.3) is 5.91 Å². The van der Waals surface area contributed by atoms with Gasteiger partial charge in [-0.3, -0.25) is 14.6 Å². The molecule has 1 aliphatic rings. The zero-order valence-electron chi connectivity index (χ0n) is 14.9. The molecule has 1 amide bonds. The summed E-state index contributed by atoms with van der Waals surface area (Å²) in [6, 6.07) is -0.720. The number of guanidine groups is 1. The summed E-state index contributed by atoms with van der Waals surface area (Å²) >= 11 is 0. The van der Waals surface area contributed by atoms with E-state index in [-0.39, 0.29) is 24.3 Å². The summed E-state index contributed by atoms with van der Waals surface area (Å²) in [5, 5.41) is 2.71. The first-order valence-electron chi connectivity index (χ1n) is 8.04. The van der Waals surface area contributed by atoms with Crippen molar-refractivity contribution in [2.75, 3.05) is 26.8 Å². The maximum Gasteiger partial charge on any atom is 0.252 e. The molecular formula is C16H27N5O4. The number of methoxy groups -OCH3 is 1. The van der Waals surface area contributed by atoms with Crippen LogP contribution in [0.1, 0.15) is 26.7 Å². The monoisotopic (exact) mass is 353 g/mol. The number of rotatable bonds is 10. The Labute approximate surface area is 147 Å². The van der Waals surface area contributed by atoms with E-state index in [0.717, 1.165) is 0 Å². The highest BCUT2D eigenvalue weighted by molar-refractivity contribution is 5.95. The summed E-state index contributed by atoms with van der Waals surface area (Å²) in [5.74, 6) is -0.237. The Balaban J connectivity index is 2.64. The molecule has 0 spiro atoms. The minimum atomic E-state index is -1.04. The van der Waals surface area contributed by atoms with E-state index in [1.165, 1.54) is 7.11 Å². The molecular weight excluding hydrogens is 326 g/mol. The second-order valence-electron chi connectivity index (χ2n) is 6.03. The maximum atomic E-state index is 12.4. The molecule has 1 atom stereocenters. The molecule has 1 rings (SSSR count). The van der Waals surface area contributed by atoms with Gasteiger partial charge in [-0.05, 0) is 32.8 Å². The third kappa shape index (κ3) is 7.34. The number of nitrogens with zero attached hydrogens (tertiary/aromatic N) is 2. The minimum Gasteiger partial charge on any atom is -0.470 e. The fourth-order valence-electron chi connectivity index (χ4n) is 1.93. The molecule has 0 saturated carbocycles. The third-order valence-corrected chi connectivity index (χ3v) is 3.67. The van der Waals surface area contributed by atoms with Crippen LogP contribution >= 0.6 is 0 Å². The Hall–Kier alpha value is -2.42. The number of amides is 1. The van der Waals surface area contributed by atoms with Crippen molar-refractivity contribution in [2.24, 2.45) is 21.5 Å². The lowest BCUT2D eigenvalue weighted by Gasteiger charge is -2.25. The topological polar surface area (TPSA) is 141 Å². The number of ether oxygens (including phenoxy) is 2.